The van der Waals surface area contributed by atoms with E-state index in [0.29, 0.717) is 13.0 Å². The number of carbonyl (C=O) groups excluding carboxylic acids is 1. The summed E-state index contributed by atoms with van der Waals surface area (Å²) in [7, 11) is -3.56. The molecule has 1 fully saturated rings. The third-order valence-corrected chi connectivity index (χ3v) is 7.70. The molecular formula is C22H26N2O3S. The molecule has 0 spiro atoms. The monoisotopic (exact) mass is 398 g/mol. The summed E-state index contributed by atoms with van der Waals surface area (Å²) in [5.41, 5.74) is 2.50. The zero-order chi connectivity index (χ0) is 19.6. The molecule has 4 rings (SSSR count). The maximum atomic E-state index is 13.0. The summed E-state index contributed by atoms with van der Waals surface area (Å²) in [6.45, 7) is 0.713. The van der Waals surface area contributed by atoms with Gasteiger partial charge in [-0.1, -0.05) is 42.5 Å². The molecule has 148 valence electrons. The average molecular weight is 399 g/mol. The fraction of sp³-hybridized carbons (Fsp3) is 0.409. The van der Waals surface area contributed by atoms with Gasteiger partial charge in [0.2, 0.25) is 15.9 Å². The molecule has 28 heavy (non-hydrogen) atoms. The smallest absolute Gasteiger partial charge is 0.243 e. The molecule has 0 aromatic heterocycles. The van der Waals surface area contributed by atoms with E-state index in [-0.39, 0.29) is 29.3 Å². The molecule has 1 aliphatic heterocycles. The summed E-state index contributed by atoms with van der Waals surface area (Å²) < 4.78 is 27.3. The van der Waals surface area contributed by atoms with Crippen molar-refractivity contribution in [2.24, 2.45) is 5.92 Å². The largest absolute Gasteiger partial charge is 0.349 e. The highest BCUT2D eigenvalue weighted by Gasteiger charge is 2.34. The van der Waals surface area contributed by atoms with Crippen molar-refractivity contribution in [3.8, 4) is 0 Å². The van der Waals surface area contributed by atoms with Crippen LogP contribution in [0.25, 0.3) is 0 Å². The van der Waals surface area contributed by atoms with Gasteiger partial charge in [0, 0.05) is 13.1 Å². The Labute approximate surface area is 166 Å². The first-order valence-corrected chi connectivity index (χ1v) is 11.4. The number of rotatable bonds is 4. The Hall–Kier alpha value is -2.18. The molecule has 2 aliphatic rings. The van der Waals surface area contributed by atoms with Crippen molar-refractivity contribution >= 4 is 15.9 Å². The first-order valence-electron chi connectivity index (χ1n) is 9.99. The van der Waals surface area contributed by atoms with Gasteiger partial charge in [0.05, 0.1) is 16.9 Å². The van der Waals surface area contributed by atoms with Crippen molar-refractivity contribution in [3.63, 3.8) is 0 Å². The highest BCUT2D eigenvalue weighted by Crippen LogP contribution is 2.30. The van der Waals surface area contributed by atoms with Crippen LogP contribution in [0.1, 0.15) is 42.9 Å². The maximum absolute atomic E-state index is 13.0. The molecule has 1 aliphatic carbocycles. The minimum absolute atomic E-state index is 0.0264. The third kappa shape index (κ3) is 3.84. The van der Waals surface area contributed by atoms with E-state index in [2.05, 4.69) is 17.4 Å². The molecule has 0 bridgehead atoms. The Morgan fingerprint density at radius 3 is 2.54 bits per heavy atom. The molecule has 2 aromatic carbocycles. The Kier molecular flexibility index (Phi) is 5.51. The van der Waals surface area contributed by atoms with Gasteiger partial charge < -0.3 is 5.32 Å². The van der Waals surface area contributed by atoms with E-state index >= 15 is 0 Å². The van der Waals surface area contributed by atoms with Crippen molar-refractivity contribution < 1.29 is 13.2 Å². The molecular weight excluding hydrogens is 372 g/mol. The number of piperidine rings is 1. The lowest BCUT2D eigenvalue weighted by atomic mass is 9.87. The fourth-order valence-electron chi connectivity index (χ4n) is 4.31. The molecule has 1 heterocycles. The van der Waals surface area contributed by atoms with Gasteiger partial charge in [0.25, 0.3) is 0 Å². The van der Waals surface area contributed by atoms with Gasteiger partial charge >= 0.3 is 0 Å². The van der Waals surface area contributed by atoms with Gasteiger partial charge in [0.15, 0.2) is 0 Å². The highest BCUT2D eigenvalue weighted by atomic mass is 32.2. The normalized spacial score (nSPS) is 23.0. The number of amides is 1. The first kappa shape index (κ1) is 19.2. The van der Waals surface area contributed by atoms with E-state index in [0.717, 1.165) is 25.7 Å². The number of nitrogens with zero attached hydrogens (tertiary/aromatic N) is 1. The standard InChI is InChI=1S/C22H26N2O3S/c25-22(23-21-14-6-9-17-8-4-5-13-20(17)21)18-10-7-15-24(16-18)28(26,27)19-11-2-1-3-12-19/h1-5,8,11-13,18,21H,6-7,9-10,14-16H2,(H,23,25)/t18-,21+/m0/s1. The number of sulfonamides is 1. The number of aryl methyl sites for hydroxylation is 1. The third-order valence-electron chi connectivity index (χ3n) is 5.82. The van der Waals surface area contributed by atoms with E-state index in [1.807, 2.05) is 12.1 Å². The highest BCUT2D eigenvalue weighted by molar-refractivity contribution is 7.89. The van der Waals surface area contributed by atoms with Gasteiger partial charge in [-0.3, -0.25) is 4.79 Å². The Morgan fingerprint density at radius 2 is 1.71 bits per heavy atom. The topological polar surface area (TPSA) is 66.5 Å². The zero-order valence-corrected chi connectivity index (χ0v) is 16.7. The summed E-state index contributed by atoms with van der Waals surface area (Å²) in [4.78, 5) is 13.2. The van der Waals surface area contributed by atoms with Gasteiger partial charge in [-0.2, -0.15) is 4.31 Å². The summed E-state index contributed by atoms with van der Waals surface area (Å²) in [6, 6.07) is 16.8. The van der Waals surface area contributed by atoms with E-state index in [9.17, 15) is 13.2 Å². The van der Waals surface area contributed by atoms with Crippen molar-refractivity contribution in [1.82, 2.24) is 9.62 Å². The van der Waals surface area contributed by atoms with Gasteiger partial charge in [-0.15, -0.1) is 0 Å². The van der Waals surface area contributed by atoms with Crippen LogP contribution in [0.5, 0.6) is 0 Å². The van der Waals surface area contributed by atoms with Crippen LogP contribution in [0, 0.1) is 5.92 Å². The van der Waals surface area contributed by atoms with Crippen molar-refractivity contribution in [3.05, 3.63) is 65.7 Å². The number of hydrogen-bond donors (Lipinski definition) is 1. The SMILES string of the molecule is O=C(N[C@@H]1CCCc2ccccc21)[C@H]1CCCN(S(=O)(=O)c2ccccc2)C1. The van der Waals surface area contributed by atoms with Crippen LogP contribution in [0.15, 0.2) is 59.5 Å². The molecule has 6 heteroatoms. The second kappa shape index (κ2) is 8.05. The van der Waals surface area contributed by atoms with Crippen molar-refractivity contribution in [2.45, 2.75) is 43.0 Å². The lowest BCUT2D eigenvalue weighted by Gasteiger charge is -2.33. The second-order valence-corrected chi connectivity index (χ2v) is 9.61. The summed E-state index contributed by atoms with van der Waals surface area (Å²) in [6.07, 6.45) is 4.46. The van der Waals surface area contributed by atoms with Crippen molar-refractivity contribution in [1.29, 1.82) is 0 Å². The average Bonchev–Trinajstić information content (AvgIpc) is 2.75. The summed E-state index contributed by atoms with van der Waals surface area (Å²) >= 11 is 0. The minimum atomic E-state index is -3.56. The van der Waals surface area contributed by atoms with E-state index in [4.69, 9.17) is 0 Å². The van der Waals surface area contributed by atoms with E-state index in [1.165, 1.54) is 15.4 Å². The molecule has 1 N–H and O–H groups in total. The van der Waals surface area contributed by atoms with Crippen LogP contribution in [-0.4, -0.2) is 31.7 Å². The summed E-state index contributed by atoms with van der Waals surface area (Å²) in [5.74, 6) is -0.337. The number of nitrogens with one attached hydrogen (secondary N) is 1. The number of carbonyl (C=O) groups is 1. The number of hydrogen-bond acceptors (Lipinski definition) is 3. The first-order chi connectivity index (χ1) is 13.6. The van der Waals surface area contributed by atoms with Gasteiger partial charge in [0.1, 0.15) is 0 Å². The summed E-state index contributed by atoms with van der Waals surface area (Å²) in [5, 5.41) is 3.20. The molecule has 0 radical (unpaired) electrons. The predicted octanol–water partition coefficient (Wildman–Crippen LogP) is 3.28. The van der Waals surface area contributed by atoms with Crippen molar-refractivity contribution in [2.75, 3.05) is 13.1 Å². The zero-order valence-electron chi connectivity index (χ0n) is 15.9. The molecule has 1 amide bonds. The van der Waals surface area contributed by atoms with Gasteiger partial charge in [-0.05, 0) is 55.4 Å². The molecule has 0 unspecified atom stereocenters. The molecule has 1 saturated heterocycles. The minimum Gasteiger partial charge on any atom is -0.349 e. The Bertz CT molecular complexity index is 943. The Morgan fingerprint density at radius 1 is 0.964 bits per heavy atom. The maximum Gasteiger partial charge on any atom is 0.243 e. The quantitative estimate of drug-likeness (QED) is 0.859. The predicted molar refractivity (Wildman–Crippen MR) is 108 cm³/mol. The van der Waals surface area contributed by atoms with E-state index in [1.54, 1.807) is 30.3 Å². The number of benzene rings is 2. The molecule has 5 nitrogen and oxygen atoms in total. The van der Waals surface area contributed by atoms with Crippen LogP contribution >= 0.6 is 0 Å². The van der Waals surface area contributed by atoms with Crippen LogP contribution in [0.4, 0.5) is 0 Å². The lowest BCUT2D eigenvalue weighted by molar-refractivity contribution is -0.127. The molecule has 2 aromatic rings. The fourth-order valence-corrected chi connectivity index (χ4v) is 5.85. The van der Waals surface area contributed by atoms with Crippen LogP contribution in [0.3, 0.4) is 0 Å². The number of fused-ring (bicyclic) bond motifs is 1. The molecule has 2 atom stereocenters. The second-order valence-electron chi connectivity index (χ2n) is 7.67. The Balaban J connectivity index is 1.46. The lowest BCUT2D eigenvalue weighted by Crippen LogP contribution is -2.46. The van der Waals surface area contributed by atoms with Gasteiger partial charge in [-0.25, -0.2) is 8.42 Å². The van der Waals surface area contributed by atoms with Crippen LogP contribution < -0.4 is 5.32 Å². The van der Waals surface area contributed by atoms with Crippen LogP contribution in [-0.2, 0) is 21.2 Å². The van der Waals surface area contributed by atoms with Crippen LogP contribution in [0.2, 0.25) is 0 Å². The molecule has 0 saturated carbocycles. The van der Waals surface area contributed by atoms with E-state index < -0.39 is 10.0 Å².